The van der Waals surface area contributed by atoms with Crippen molar-refractivity contribution in [1.29, 1.82) is 0 Å². The third-order valence-electron chi connectivity index (χ3n) is 5.76. The van der Waals surface area contributed by atoms with Gasteiger partial charge in [0.2, 0.25) is 0 Å². The van der Waals surface area contributed by atoms with Crippen LogP contribution in [0.15, 0.2) is 122 Å². The zero-order valence-electron chi connectivity index (χ0n) is 18.1. The number of nitrogens with zero attached hydrogens (tertiary/aromatic N) is 1. The fraction of sp³-hybridized carbons (Fsp3) is 0.0345. The maximum atomic E-state index is 12.3. The van der Waals surface area contributed by atoms with Gasteiger partial charge in [0, 0.05) is 28.3 Å². The van der Waals surface area contributed by atoms with Crippen LogP contribution in [0.1, 0.15) is 5.56 Å². The van der Waals surface area contributed by atoms with Crippen LogP contribution in [0.25, 0.3) is 44.3 Å². The Morgan fingerprint density at radius 2 is 1.44 bits per heavy atom. The zero-order chi connectivity index (χ0) is 22.9. The van der Waals surface area contributed by atoms with Gasteiger partial charge in [0.1, 0.15) is 11.3 Å². The van der Waals surface area contributed by atoms with E-state index >= 15 is 0 Å². The van der Waals surface area contributed by atoms with Gasteiger partial charge in [0.05, 0.1) is 0 Å². The second-order valence-electron chi connectivity index (χ2n) is 7.93. The van der Waals surface area contributed by atoms with E-state index in [4.69, 9.17) is 13.8 Å². The highest BCUT2D eigenvalue weighted by molar-refractivity contribution is 7.98. The lowest BCUT2D eigenvalue weighted by atomic mass is 10.0. The maximum Gasteiger partial charge on any atom is 0.336 e. The molecule has 6 rings (SSSR count). The quantitative estimate of drug-likeness (QED) is 0.151. The van der Waals surface area contributed by atoms with Crippen LogP contribution in [0.4, 0.5) is 0 Å². The molecule has 34 heavy (non-hydrogen) atoms. The molecule has 0 aliphatic rings. The number of hydrogen-bond donors (Lipinski definition) is 0. The predicted octanol–water partition coefficient (Wildman–Crippen LogP) is 7.56. The van der Waals surface area contributed by atoms with Crippen molar-refractivity contribution >= 4 is 33.5 Å². The van der Waals surface area contributed by atoms with E-state index in [1.807, 2.05) is 84.9 Å². The maximum absolute atomic E-state index is 12.3. The van der Waals surface area contributed by atoms with Crippen molar-refractivity contribution < 1.29 is 8.83 Å². The van der Waals surface area contributed by atoms with E-state index in [9.17, 15) is 4.79 Å². The Balaban J connectivity index is 1.42. The lowest BCUT2D eigenvalue weighted by Gasteiger charge is -2.07. The summed E-state index contributed by atoms with van der Waals surface area (Å²) in [5.41, 5.74) is 3.89. The molecule has 0 fully saturated rings. The van der Waals surface area contributed by atoms with Crippen molar-refractivity contribution in [3.05, 3.63) is 119 Å². The SMILES string of the molecule is O=c1cc(CSc2nc(-c3ccccc3)c(-c3ccccc3)o2)c2c(ccc3ccccc32)o1. The van der Waals surface area contributed by atoms with Gasteiger partial charge < -0.3 is 8.83 Å². The molecule has 0 unspecified atom stereocenters. The highest BCUT2D eigenvalue weighted by atomic mass is 32.2. The first kappa shape index (κ1) is 20.5. The lowest BCUT2D eigenvalue weighted by molar-refractivity contribution is 0.466. The molecule has 0 aliphatic heterocycles. The first-order chi connectivity index (χ1) is 16.8. The molecular weight excluding hydrogens is 442 g/mol. The molecule has 2 heterocycles. The van der Waals surface area contributed by atoms with Crippen molar-refractivity contribution in [2.75, 3.05) is 0 Å². The summed E-state index contributed by atoms with van der Waals surface area (Å²) < 4.78 is 11.8. The minimum Gasteiger partial charge on any atom is -0.431 e. The van der Waals surface area contributed by atoms with Crippen LogP contribution in [-0.2, 0) is 5.75 Å². The predicted molar refractivity (Wildman–Crippen MR) is 137 cm³/mol. The standard InChI is InChI=1S/C29H19NO3S/c31-25-17-22(26-23-14-8-7-9-19(23)15-16-24(26)32-25)18-34-29-30-27(20-10-3-1-4-11-20)28(33-29)21-12-5-2-6-13-21/h1-17H,18H2. The second-order valence-corrected chi connectivity index (χ2v) is 8.86. The third-order valence-corrected chi connectivity index (χ3v) is 6.63. The fourth-order valence-electron chi connectivity index (χ4n) is 4.21. The number of thioether (sulfide) groups is 1. The van der Waals surface area contributed by atoms with Crippen molar-refractivity contribution in [3.8, 4) is 22.6 Å². The summed E-state index contributed by atoms with van der Waals surface area (Å²) in [5, 5.41) is 3.66. The summed E-state index contributed by atoms with van der Waals surface area (Å²) in [6, 6.07) is 33.5. The van der Waals surface area contributed by atoms with Crippen LogP contribution >= 0.6 is 11.8 Å². The Labute approximate surface area is 199 Å². The first-order valence-corrected chi connectivity index (χ1v) is 11.9. The molecule has 0 saturated heterocycles. The van der Waals surface area contributed by atoms with E-state index in [1.165, 1.54) is 11.8 Å². The molecule has 0 spiro atoms. The van der Waals surface area contributed by atoms with E-state index in [0.717, 1.165) is 44.3 Å². The molecule has 4 aromatic carbocycles. The van der Waals surface area contributed by atoms with Crippen LogP contribution in [0, 0.1) is 0 Å². The first-order valence-electron chi connectivity index (χ1n) is 11.0. The Morgan fingerprint density at radius 3 is 2.24 bits per heavy atom. The van der Waals surface area contributed by atoms with Crippen LogP contribution in [0.2, 0.25) is 0 Å². The second kappa shape index (κ2) is 8.69. The number of hydrogen-bond acceptors (Lipinski definition) is 5. The molecule has 0 N–H and O–H groups in total. The molecule has 0 atom stereocenters. The lowest BCUT2D eigenvalue weighted by Crippen LogP contribution is -2.00. The minimum atomic E-state index is -0.360. The summed E-state index contributed by atoms with van der Waals surface area (Å²) in [6.07, 6.45) is 0. The van der Waals surface area contributed by atoms with Crippen LogP contribution in [-0.4, -0.2) is 4.98 Å². The van der Waals surface area contributed by atoms with Crippen molar-refractivity contribution in [2.45, 2.75) is 11.0 Å². The number of oxazole rings is 1. The number of benzene rings is 4. The molecular formula is C29H19NO3S. The number of fused-ring (bicyclic) bond motifs is 3. The highest BCUT2D eigenvalue weighted by Crippen LogP contribution is 2.37. The van der Waals surface area contributed by atoms with Crippen LogP contribution in [0.3, 0.4) is 0 Å². The van der Waals surface area contributed by atoms with Gasteiger partial charge in [-0.15, -0.1) is 0 Å². The van der Waals surface area contributed by atoms with Gasteiger partial charge >= 0.3 is 5.63 Å². The largest absolute Gasteiger partial charge is 0.431 e. The molecule has 5 heteroatoms. The molecule has 0 bridgehead atoms. The van der Waals surface area contributed by atoms with Gasteiger partial charge in [0.25, 0.3) is 5.22 Å². The van der Waals surface area contributed by atoms with Gasteiger partial charge in [-0.1, -0.05) is 103 Å². The smallest absolute Gasteiger partial charge is 0.336 e. The molecule has 4 nitrogen and oxygen atoms in total. The van der Waals surface area contributed by atoms with Gasteiger partial charge in [-0.2, -0.15) is 0 Å². The summed E-state index contributed by atoms with van der Waals surface area (Å²) in [7, 11) is 0. The summed E-state index contributed by atoms with van der Waals surface area (Å²) in [4.78, 5) is 17.1. The van der Waals surface area contributed by atoms with Gasteiger partial charge in [-0.25, -0.2) is 9.78 Å². The van der Waals surface area contributed by atoms with Crippen molar-refractivity contribution in [2.24, 2.45) is 0 Å². The fourth-order valence-corrected chi connectivity index (χ4v) is 5.02. The Kier molecular flexibility index (Phi) is 5.24. The Morgan fingerprint density at radius 1 is 0.735 bits per heavy atom. The number of aromatic nitrogens is 1. The van der Waals surface area contributed by atoms with Crippen LogP contribution in [0.5, 0.6) is 0 Å². The van der Waals surface area contributed by atoms with Gasteiger partial charge in [0.15, 0.2) is 5.76 Å². The van der Waals surface area contributed by atoms with E-state index in [1.54, 1.807) is 6.07 Å². The molecule has 2 aromatic heterocycles. The van der Waals surface area contributed by atoms with E-state index < -0.39 is 0 Å². The average molecular weight is 462 g/mol. The van der Waals surface area contributed by atoms with Gasteiger partial charge in [-0.3, -0.25) is 0 Å². The Hall–Kier alpha value is -4.09. The van der Waals surface area contributed by atoms with E-state index in [2.05, 4.69) is 12.1 Å². The summed E-state index contributed by atoms with van der Waals surface area (Å²) >= 11 is 1.47. The molecule has 0 amide bonds. The minimum absolute atomic E-state index is 0.360. The number of rotatable bonds is 5. The zero-order valence-corrected chi connectivity index (χ0v) is 18.9. The van der Waals surface area contributed by atoms with E-state index in [0.29, 0.717) is 16.6 Å². The monoisotopic (exact) mass is 461 g/mol. The summed E-state index contributed by atoms with van der Waals surface area (Å²) in [6.45, 7) is 0. The third kappa shape index (κ3) is 3.80. The normalized spacial score (nSPS) is 11.3. The van der Waals surface area contributed by atoms with Gasteiger partial charge in [-0.05, 0) is 22.4 Å². The molecule has 0 aliphatic carbocycles. The van der Waals surface area contributed by atoms with E-state index in [-0.39, 0.29) is 5.63 Å². The molecule has 6 aromatic rings. The molecule has 0 radical (unpaired) electrons. The van der Waals surface area contributed by atoms with Crippen LogP contribution < -0.4 is 5.63 Å². The topological polar surface area (TPSA) is 56.2 Å². The highest BCUT2D eigenvalue weighted by Gasteiger charge is 2.18. The Bertz CT molecular complexity index is 1610. The average Bonchev–Trinajstić information content (AvgIpc) is 3.32. The summed E-state index contributed by atoms with van der Waals surface area (Å²) in [5.74, 6) is 1.26. The van der Waals surface area contributed by atoms with Crippen molar-refractivity contribution in [3.63, 3.8) is 0 Å². The molecule has 164 valence electrons. The molecule has 0 saturated carbocycles. The van der Waals surface area contributed by atoms with Crippen molar-refractivity contribution in [1.82, 2.24) is 4.98 Å².